The third-order valence-corrected chi connectivity index (χ3v) is 10.5. The van der Waals surface area contributed by atoms with Crippen molar-refractivity contribution < 1.29 is 24.6 Å². The molecule has 26 heavy (non-hydrogen) atoms. The molecule has 2 aromatic carbocycles. The minimum atomic E-state index is -3.90. The molecule has 0 aromatic heterocycles. The summed E-state index contributed by atoms with van der Waals surface area (Å²) in [7, 11) is -12.4. The van der Waals surface area contributed by atoms with Crippen molar-refractivity contribution in [2.75, 3.05) is 0 Å². The molecule has 10 heteroatoms. The van der Waals surface area contributed by atoms with Crippen LogP contribution in [0.4, 0.5) is 0 Å². The van der Waals surface area contributed by atoms with Crippen molar-refractivity contribution in [1.29, 1.82) is 0 Å². The number of rotatable bonds is 6. The van der Waals surface area contributed by atoms with Crippen molar-refractivity contribution in [3.05, 3.63) is 36.4 Å². The second kappa shape index (κ2) is 6.84. The van der Waals surface area contributed by atoms with Crippen LogP contribution in [0.5, 0.6) is 0 Å². The second-order valence-corrected chi connectivity index (χ2v) is 20.5. The Bertz CT molecular complexity index is 952. The van der Waals surface area contributed by atoms with Gasteiger partial charge in [0.1, 0.15) is 0 Å². The third-order valence-electron chi connectivity index (χ3n) is 3.08. The predicted octanol–water partition coefficient (Wildman–Crippen LogP) is 3.92. The number of hydrogen-bond acceptors (Lipinski definition) is 6. The molecule has 0 saturated carbocycles. The van der Waals surface area contributed by atoms with Crippen molar-refractivity contribution in [3.63, 3.8) is 0 Å². The van der Waals surface area contributed by atoms with E-state index in [1.807, 2.05) is 0 Å². The largest absolute Gasteiger partial charge is 0.312 e. The number of benzene rings is 2. The van der Waals surface area contributed by atoms with E-state index in [9.17, 15) is 16.8 Å². The quantitative estimate of drug-likeness (QED) is 0.643. The Morgan fingerprint density at radius 2 is 0.962 bits per heavy atom. The first-order chi connectivity index (χ1) is 11.6. The van der Waals surface area contributed by atoms with Gasteiger partial charge in [0.2, 0.25) is 16.6 Å². The Kier molecular flexibility index (Phi) is 5.59. The van der Waals surface area contributed by atoms with Gasteiger partial charge in [-0.05, 0) is 74.3 Å². The highest BCUT2D eigenvalue weighted by Crippen LogP contribution is 2.26. The highest BCUT2D eigenvalue weighted by Gasteiger charge is 2.28. The molecule has 0 bridgehead atoms. The van der Waals surface area contributed by atoms with Gasteiger partial charge in [-0.1, -0.05) is 12.1 Å². The highest BCUT2D eigenvalue weighted by atomic mass is 32.2. The van der Waals surface area contributed by atoms with Gasteiger partial charge >= 0.3 is 0 Å². The Hall–Kier alpha value is -1.05. The number of fused-ring (bicyclic) bond motifs is 1. The molecule has 0 atom stereocenters. The summed E-state index contributed by atoms with van der Waals surface area (Å²) in [6, 6.07) is 9.04. The molecule has 0 aliphatic heterocycles. The lowest BCUT2D eigenvalue weighted by atomic mass is 10.1. The van der Waals surface area contributed by atoms with Gasteiger partial charge in [-0.2, -0.15) is 16.8 Å². The summed E-state index contributed by atoms with van der Waals surface area (Å²) >= 11 is 0. The van der Waals surface area contributed by atoms with Crippen molar-refractivity contribution >= 4 is 47.6 Å². The van der Waals surface area contributed by atoms with Crippen LogP contribution in [0, 0.1) is 0 Å². The van der Waals surface area contributed by atoms with E-state index < -0.39 is 36.9 Å². The van der Waals surface area contributed by atoms with E-state index in [0.717, 1.165) is 5.39 Å². The summed E-state index contributed by atoms with van der Waals surface area (Å²) in [5.74, 6) is 0. The van der Waals surface area contributed by atoms with Crippen molar-refractivity contribution in [3.8, 4) is 0 Å². The van der Waals surface area contributed by atoms with Gasteiger partial charge in [-0.3, -0.25) is 0 Å². The van der Waals surface area contributed by atoms with Crippen LogP contribution >= 0.6 is 0 Å². The molecule has 0 amide bonds. The maximum atomic E-state index is 12.4. The Balaban J connectivity index is 2.53. The fraction of sp³-hybridized carbons (Fsp3) is 0.375. The summed E-state index contributed by atoms with van der Waals surface area (Å²) in [4.78, 5) is 0.0150. The van der Waals surface area contributed by atoms with Gasteiger partial charge in [0.25, 0.3) is 20.2 Å². The lowest BCUT2D eigenvalue weighted by Crippen LogP contribution is -2.29. The molecule has 0 N–H and O–H groups in total. The zero-order valence-electron chi connectivity index (χ0n) is 15.7. The highest BCUT2D eigenvalue weighted by molar-refractivity contribution is 7.88. The monoisotopic (exact) mass is 432 g/mol. The first kappa shape index (κ1) is 21.3. The van der Waals surface area contributed by atoms with Crippen LogP contribution in [0.15, 0.2) is 46.2 Å². The predicted molar refractivity (Wildman–Crippen MR) is 107 cm³/mol. The molecule has 0 aliphatic rings. The molecule has 0 spiro atoms. The zero-order valence-corrected chi connectivity index (χ0v) is 19.4. The zero-order chi connectivity index (χ0) is 20.0. The van der Waals surface area contributed by atoms with Crippen molar-refractivity contribution in [1.82, 2.24) is 0 Å². The van der Waals surface area contributed by atoms with E-state index in [4.69, 9.17) is 7.74 Å². The third kappa shape index (κ3) is 5.47. The molecule has 0 radical (unpaired) electrons. The van der Waals surface area contributed by atoms with Gasteiger partial charge in [-0.15, -0.1) is 0 Å². The van der Waals surface area contributed by atoms with E-state index in [1.54, 1.807) is 51.4 Å². The molecule has 2 aromatic rings. The first-order valence-electron chi connectivity index (χ1n) is 8.04. The van der Waals surface area contributed by atoms with Crippen LogP contribution in [0.3, 0.4) is 0 Å². The van der Waals surface area contributed by atoms with Gasteiger partial charge in [0, 0.05) is 0 Å². The molecular weight excluding hydrogens is 408 g/mol. The SMILES string of the molecule is C[Si](C)(C)OS(=O)(=O)c1ccc2ccc(S(=O)(=O)O[Si](C)(C)C)cc2c1. The molecule has 0 fully saturated rings. The van der Waals surface area contributed by atoms with E-state index in [-0.39, 0.29) is 9.79 Å². The standard InChI is InChI=1S/C16H24O6S2Si2/c1-25(2,3)21-23(17,18)15-9-7-13-8-10-16(12-14(13)11-15)24(19,20)22-26(4,5)6/h7-12H,1-6H3. The molecule has 0 saturated heterocycles. The van der Waals surface area contributed by atoms with Crippen LogP contribution in [0.25, 0.3) is 10.8 Å². The molecule has 0 aliphatic carbocycles. The van der Waals surface area contributed by atoms with E-state index >= 15 is 0 Å². The van der Waals surface area contributed by atoms with Gasteiger partial charge in [-0.25, -0.2) is 0 Å². The molecule has 6 nitrogen and oxygen atoms in total. The smallest absolute Gasteiger partial charge is 0.287 e. The minimum absolute atomic E-state index is 0.00749. The summed E-state index contributed by atoms with van der Waals surface area (Å²) in [5, 5.41) is 1.22. The number of hydrogen-bond donors (Lipinski definition) is 0. The summed E-state index contributed by atoms with van der Waals surface area (Å²) in [6.07, 6.45) is 0. The van der Waals surface area contributed by atoms with Crippen LogP contribution < -0.4 is 0 Å². The molecule has 0 unspecified atom stereocenters. The summed E-state index contributed by atoms with van der Waals surface area (Å²) in [6.45, 7) is 10.7. The fourth-order valence-electron chi connectivity index (χ4n) is 2.27. The Morgan fingerprint density at radius 3 is 1.27 bits per heavy atom. The fourth-order valence-corrected chi connectivity index (χ4v) is 9.32. The molecule has 2 rings (SSSR count). The van der Waals surface area contributed by atoms with Gasteiger partial charge < -0.3 is 7.74 Å². The first-order valence-corrected chi connectivity index (χ1v) is 17.7. The molecular formula is C16H24O6S2Si2. The summed E-state index contributed by atoms with van der Waals surface area (Å²) < 4.78 is 60.3. The minimum Gasteiger partial charge on any atom is -0.312 e. The normalized spacial score (nSPS) is 13.9. The maximum absolute atomic E-state index is 12.4. The van der Waals surface area contributed by atoms with Crippen LogP contribution in [-0.2, 0) is 28.0 Å². The summed E-state index contributed by atoms with van der Waals surface area (Å²) in [5.41, 5.74) is 0. The van der Waals surface area contributed by atoms with E-state index in [1.165, 1.54) is 24.3 Å². The van der Waals surface area contributed by atoms with Crippen LogP contribution in [-0.4, -0.2) is 33.5 Å². The van der Waals surface area contributed by atoms with Crippen LogP contribution in [0.1, 0.15) is 0 Å². The average molecular weight is 433 g/mol. The van der Waals surface area contributed by atoms with Gasteiger partial charge in [0.05, 0.1) is 9.79 Å². The lowest BCUT2D eigenvalue weighted by molar-refractivity contribution is 0.484. The van der Waals surface area contributed by atoms with E-state index in [0.29, 0.717) is 5.39 Å². The lowest BCUT2D eigenvalue weighted by Gasteiger charge is -2.18. The Morgan fingerprint density at radius 1 is 0.615 bits per heavy atom. The maximum Gasteiger partial charge on any atom is 0.287 e. The van der Waals surface area contributed by atoms with Gasteiger partial charge in [0.15, 0.2) is 0 Å². The van der Waals surface area contributed by atoms with Crippen LogP contribution in [0.2, 0.25) is 39.3 Å². The molecule has 144 valence electrons. The van der Waals surface area contributed by atoms with Crippen molar-refractivity contribution in [2.24, 2.45) is 0 Å². The Labute approximate surface area is 157 Å². The topological polar surface area (TPSA) is 86.7 Å². The average Bonchev–Trinajstić information content (AvgIpc) is 2.41. The van der Waals surface area contributed by atoms with Crippen molar-refractivity contribution in [2.45, 2.75) is 49.1 Å². The second-order valence-electron chi connectivity index (χ2n) is 7.97. The molecule has 0 heterocycles. The van der Waals surface area contributed by atoms with E-state index in [2.05, 4.69) is 0 Å².